The van der Waals surface area contributed by atoms with E-state index in [0.29, 0.717) is 12.3 Å². The molecule has 1 N–H and O–H groups in total. The summed E-state index contributed by atoms with van der Waals surface area (Å²) in [5.74, 6) is 1.45. The lowest BCUT2D eigenvalue weighted by molar-refractivity contribution is -0.118. The third-order valence-electron chi connectivity index (χ3n) is 5.54. The van der Waals surface area contributed by atoms with Crippen molar-refractivity contribution in [1.82, 2.24) is 4.90 Å². The molecule has 2 aliphatic rings. The van der Waals surface area contributed by atoms with E-state index in [1.54, 1.807) is 0 Å². The fraction of sp³-hybridized carbons (Fsp3) is 0.450. The van der Waals surface area contributed by atoms with Crippen LogP contribution < -0.4 is 5.32 Å². The van der Waals surface area contributed by atoms with Gasteiger partial charge >= 0.3 is 0 Å². The van der Waals surface area contributed by atoms with Crippen LogP contribution in [-0.2, 0) is 4.79 Å². The van der Waals surface area contributed by atoms with E-state index in [0.717, 1.165) is 17.0 Å². The van der Waals surface area contributed by atoms with Gasteiger partial charge in [0.15, 0.2) is 0 Å². The maximum absolute atomic E-state index is 12.6. The molecule has 3 unspecified atom stereocenters. The minimum Gasteiger partial charge on any atom is -0.326 e. The number of benzene rings is 2. The van der Waals surface area contributed by atoms with E-state index in [9.17, 15) is 4.79 Å². The highest BCUT2D eigenvalue weighted by Gasteiger charge is 2.33. The molecule has 0 aliphatic carbocycles. The molecule has 2 fully saturated rings. The van der Waals surface area contributed by atoms with E-state index in [4.69, 9.17) is 0 Å². The van der Waals surface area contributed by atoms with Crippen molar-refractivity contribution in [3.63, 3.8) is 0 Å². The van der Waals surface area contributed by atoms with Gasteiger partial charge in [0.05, 0.1) is 0 Å². The minimum atomic E-state index is 0.172. The Balaban J connectivity index is 1.45. The summed E-state index contributed by atoms with van der Waals surface area (Å²) in [7, 11) is 0. The van der Waals surface area contributed by atoms with E-state index in [-0.39, 0.29) is 5.91 Å². The highest BCUT2D eigenvalue weighted by atomic mass is 16.1. The van der Waals surface area contributed by atoms with Crippen LogP contribution in [0.3, 0.4) is 0 Å². The molecule has 4 rings (SSSR count). The maximum atomic E-state index is 12.6. The average molecular weight is 308 g/mol. The van der Waals surface area contributed by atoms with Crippen LogP contribution in [0.2, 0.25) is 0 Å². The van der Waals surface area contributed by atoms with Crippen LogP contribution in [0.1, 0.15) is 25.7 Å². The monoisotopic (exact) mass is 308 g/mol. The second-order valence-corrected chi connectivity index (χ2v) is 7.03. The van der Waals surface area contributed by atoms with E-state index in [2.05, 4.69) is 28.4 Å². The van der Waals surface area contributed by atoms with Gasteiger partial charge in [0.25, 0.3) is 0 Å². The molecule has 3 atom stereocenters. The van der Waals surface area contributed by atoms with Crippen LogP contribution in [0.15, 0.2) is 42.5 Å². The normalized spacial score (nSPS) is 26.9. The molecule has 2 aromatic carbocycles. The van der Waals surface area contributed by atoms with Gasteiger partial charge in [-0.1, -0.05) is 36.4 Å². The molecular weight excluding hydrogens is 284 g/mol. The van der Waals surface area contributed by atoms with Crippen molar-refractivity contribution in [2.24, 2.45) is 11.8 Å². The first-order valence-corrected chi connectivity index (χ1v) is 8.79. The van der Waals surface area contributed by atoms with Crippen molar-refractivity contribution >= 4 is 22.4 Å². The Kier molecular flexibility index (Phi) is 4.04. The van der Waals surface area contributed by atoms with Crippen LogP contribution >= 0.6 is 0 Å². The third-order valence-corrected chi connectivity index (χ3v) is 5.54. The van der Waals surface area contributed by atoms with E-state index < -0.39 is 0 Å². The first-order chi connectivity index (χ1) is 11.3. The number of hydrogen-bond donors (Lipinski definition) is 1. The molecule has 2 bridgehead atoms. The van der Waals surface area contributed by atoms with Crippen molar-refractivity contribution in [3.8, 4) is 0 Å². The van der Waals surface area contributed by atoms with Crippen molar-refractivity contribution < 1.29 is 4.79 Å². The Morgan fingerprint density at radius 1 is 1.09 bits per heavy atom. The molecular formula is C20H24N2O. The Hall–Kier alpha value is -1.87. The summed E-state index contributed by atoms with van der Waals surface area (Å²) in [5, 5.41) is 5.45. The van der Waals surface area contributed by atoms with Crippen LogP contribution in [-0.4, -0.2) is 30.4 Å². The molecule has 2 aliphatic heterocycles. The zero-order valence-corrected chi connectivity index (χ0v) is 13.5. The second-order valence-electron chi connectivity index (χ2n) is 7.03. The van der Waals surface area contributed by atoms with Gasteiger partial charge in [-0.05, 0) is 55.6 Å². The van der Waals surface area contributed by atoms with Gasteiger partial charge in [0, 0.05) is 24.0 Å². The van der Waals surface area contributed by atoms with E-state index >= 15 is 0 Å². The summed E-state index contributed by atoms with van der Waals surface area (Å²) in [4.78, 5) is 15.1. The summed E-state index contributed by atoms with van der Waals surface area (Å²) < 4.78 is 0. The van der Waals surface area contributed by atoms with Crippen molar-refractivity contribution in [1.29, 1.82) is 0 Å². The van der Waals surface area contributed by atoms with Crippen LogP contribution in [0.4, 0.5) is 5.69 Å². The summed E-state index contributed by atoms with van der Waals surface area (Å²) in [6.07, 6.45) is 4.43. The molecule has 1 amide bonds. The van der Waals surface area contributed by atoms with Gasteiger partial charge < -0.3 is 10.2 Å². The van der Waals surface area contributed by atoms with E-state index in [1.807, 2.05) is 24.3 Å². The predicted octanol–water partition coefficient (Wildman–Crippen LogP) is 3.90. The fourth-order valence-electron chi connectivity index (χ4n) is 4.31. The van der Waals surface area contributed by atoms with Crippen molar-refractivity contribution in [2.45, 2.75) is 25.7 Å². The fourth-order valence-corrected chi connectivity index (χ4v) is 4.31. The molecule has 3 nitrogen and oxygen atoms in total. The Morgan fingerprint density at radius 3 is 2.91 bits per heavy atom. The maximum Gasteiger partial charge on any atom is 0.224 e. The van der Waals surface area contributed by atoms with Gasteiger partial charge in [0.2, 0.25) is 5.91 Å². The predicted molar refractivity (Wildman–Crippen MR) is 94.5 cm³/mol. The molecule has 0 saturated carbocycles. The third kappa shape index (κ3) is 3.11. The SMILES string of the molecule is O=C(CC1CCN2CCCC1C2)Nc1cccc2ccccc12. The number of piperidine rings is 2. The largest absolute Gasteiger partial charge is 0.326 e. The summed E-state index contributed by atoms with van der Waals surface area (Å²) in [6, 6.07) is 14.3. The van der Waals surface area contributed by atoms with Gasteiger partial charge in [-0.25, -0.2) is 0 Å². The van der Waals surface area contributed by atoms with E-state index in [1.165, 1.54) is 44.3 Å². The Labute approximate surface area is 137 Å². The topological polar surface area (TPSA) is 32.3 Å². The zero-order chi connectivity index (χ0) is 15.6. The number of fused-ring (bicyclic) bond motifs is 3. The first kappa shape index (κ1) is 14.7. The lowest BCUT2D eigenvalue weighted by atomic mass is 9.78. The molecule has 3 heteroatoms. The van der Waals surface area contributed by atoms with Gasteiger partial charge in [-0.3, -0.25) is 4.79 Å². The lowest BCUT2D eigenvalue weighted by Crippen LogP contribution is -2.45. The van der Waals surface area contributed by atoms with Gasteiger partial charge in [-0.2, -0.15) is 0 Å². The van der Waals surface area contributed by atoms with Crippen LogP contribution in [0.5, 0.6) is 0 Å². The Morgan fingerprint density at radius 2 is 1.96 bits per heavy atom. The van der Waals surface area contributed by atoms with Crippen LogP contribution in [0.25, 0.3) is 10.8 Å². The molecule has 23 heavy (non-hydrogen) atoms. The number of anilines is 1. The summed E-state index contributed by atoms with van der Waals surface area (Å²) >= 11 is 0. The van der Waals surface area contributed by atoms with Crippen molar-refractivity contribution in [2.75, 3.05) is 25.0 Å². The van der Waals surface area contributed by atoms with Gasteiger partial charge in [-0.15, -0.1) is 0 Å². The molecule has 2 heterocycles. The molecule has 0 aromatic heterocycles. The molecule has 0 radical (unpaired) electrons. The number of nitrogens with zero attached hydrogens (tertiary/aromatic N) is 1. The first-order valence-electron chi connectivity index (χ1n) is 8.79. The quantitative estimate of drug-likeness (QED) is 0.932. The minimum absolute atomic E-state index is 0.172. The standard InChI is InChI=1S/C20H24N2O/c23-20(13-16-10-12-22-11-4-7-17(16)14-22)21-19-9-3-6-15-5-1-2-8-18(15)19/h1-3,5-6,8-9,16-17H,4,7,10-14H2,(H,21,23). The number of nitrogens with one attached hydrogen (secondary N) is 1. The Bertz CT molecular complexity index is 706. The molecule has 120 valence electrons. The smallest absolute Gasteiger partial charge is 0.224 e. The number of carbonyl (C=O) groups excluding carboxylic acids is 1. The molecule has 2 aromatic rings. The number of amides is 1. The zero-order valence-electron chi connectivity index (χ0n) is 13.5. The van der Waals surface area contributed by atoms with Gasteiger partial charge in [0.1, 0.15) is 0 Å². The average Bonchev–Trinajstić information content (AvgIpc) is 2.58. The number of rotatable bonds is 3. The highest BCUT2D eigenvalue weighted by Crippen LogP contribution is 2.33. The number of carbonyl (C=O) groups is 1. The highest BCUT2D eigenvalue weighted by molar-refractivity contribution is 6.02. The summed E-state index contributed by atoms with van der Waals surface area (Å²) in [5.41, 5.74) is 0.939. The number of hydrogen-bond acceptors (Lipinski definition) is 2. The molecule has 0 spiro atoms. The lowest BCUT2D eigenvalue weighted by Gasteiger charge is -2.42. The molecule has 2 saturated heterocycles. The summed E-state index contributed by atoms with van der Waals surface area (Å²) in [6.45, 7) is 3.63. The van der Waals surface area contributed by atoms with Crippen LogP contribution in [0, 0.1) is 11.8 Å². The van der Waals surface area contributed by atoms with Crippen molar-refractivity contribution in [3.05, 3.63) is 42.5 Å². The second kappa shape index (κ2) is 6.32.